The Balaban J connectivity index is 3.15. The van der Waals surface area contributed by atoms with Gasteiger partial charge in [-0.2, -0.15) is 0 Å². The molecule has 0 saturated carbocycles. The average molecular weight is 209 g/mol. The fourth-order valence-corrected chi connectivity index (χ4v) is 1.35. The number of anilines is 1. The Bertz CT molecular complexity index is 374. The predicted molar refractivity (Wildman–Crippen MR) is 58.6 cm³/mol. The number of benzene rings is 1. The van der Waals surface area contributed by atoms with Crippen LogP contribution < -0.4 is 14.8 Å². The maximum Gasteiger partial charge on any atom is 0.221 e. The van der Waals surface area contributed by atoms with Crippen molar-refractivity contribution < 1.29 is 14.3 Å². The van der Waals surface area contributed by atoms with Crippen molar-refractivity contribution >= 4 is 11.6 Å². The summed E-state index contributed by atoms with van der Waals surface area (Å²) in [5.74, 6) is 1.20. The third-order valence-electron chi connectivity index (χ3n) is 2.03. The molecule has 0 unspecified atom stereocenters. The van der Waals surface area contributed by atoms with Crippen molar-refractivity contribution in [2.75, 3.05) is 19.5 Å². The molecule has 0 spiro atoms. The summed E-state index contributed by atoms with van der Waals surface area (Å²) in [4.78, 5) is 10.9. The van der Waals surface area contributed by atoms with Gasteiger partial charge in [0.05, 0.1) is 19.9 Å². The molecule has 15 heavy (non-hydrogen) atoms. The van der Waals surface area contributed by atoms with Crippen LogP contribution in [-0.2, 0) is 4.79 Å². The lowest BCUT2D eigenvalue weighted by Crippen LogP contribution is -2.07. The molecule has 1 aromatic carbocycles. The molecule has 0 heterocycles. The number of hydrogen-bond acceptors (Lipinski definition) is 3. The van der Waals surface area contributed by atoms with Gasteiger partial charge in [-0.3, -0.25) is 4.79 Å². The fraction of sp³-hybridized carbons (Fsp3) is 0.364. The maximum absolute atomic E-state index is 10.9. The van der Waals surface area contributed by atoms with E-state index in [0.717, 1.165) is 11.3 Å². The van der Waals surface area contributed by atoms with Crippen molar-refractivity contribution in [3.8, 4) is 11.5 Å². The third kappa shape index (κ3) is 2.62. The topological polar surface area (TPSA) is 47.6 Å². The Kier molecular flexibility index (Phi) is 3.55. The molecule has 0 aromatic heterocycles. The standard InChI is InChI=1S/C11H15NO3/c1-7-5-9(12-8(2)13)11(15-4)6-10(7)14-3/h5-6H,1-4H3,(H,12,13). The molecule has 1 N–H and O–H groups in total. The highest BCUT2D eigenvalue weighted by molar-refractivity contribution is 5.90. The monoisotopic (exact) mass is 209 g/mol. The molecule has 0 saturated heterocycles. The van der Waals surface area contributed by atoms with Gasteiger partial charge in [-0.15, -0.1) is 0 Å². The summed E-state index contributed by atoms with van der Waals surface area (Å²) < 4.78 is 10.3. The first-order valence-corrected chi connectivity index (χ1v) is 4.58. The van der Waals surface area contributed by atoms with Crippen LogP contribution in [0.25, 0.3) is 0 Å². The highest BCUT2D eigenvalue weighted by atomic mass is 16.5. The summed E-state index contributed by atoms with van der Waals surface area (Å²) >= 11 is 0. The van der Waals surface area contributed by atoms with E-state index < -0.39 is 0 Å². The third-order valence-corrected chi connectivity index (χ3v) is 2.03. The summed E-state index contributed by atoms with van der Waals surface area (Å²) in [6.45, 7) is 3.36. The van der Waals surface area contributed by atoms with Gasteiger partial charge in [-0.25, -0.2) is 0 Å². The van der Waals surface area contributed by atoms with Gasteiger partial charge in [-0.05, 0) is 18.6 Å². The number of aryl methyl sites for hydroxylation is 1. The van der Waals surface area contributed by atoms with Crippen LogP contribution in [0.5, 0.6) is 11.5 Å². The maximum atomic E-state index is 10.9. The predicted octanol–water partition coefficient (Wildman–Crippen LogP) is 1.97. The Morgan fingerprint density at radius 2 is 1.80 bits per heavy atom. The molecule has 4 heteroatoms. The Labute approximate surface area is 89.2 Å². The van der Waals surface area contributed by atoms with Crippen LogP contribution in [0.4, 0.5) is 5.69 Å². The summed E-state index contributed by atoms with van der Waals surface area (Å²) in [6.07, 6.45) is 0. The van der Waals surface area contributed by atoms with E-state index >= 15 is 0 Å². The minimum Gasteiger partial charge on any atom is -0.496 e. The minimum atomic E-state index is -0.127. The molecule has 0 aliphatic rings. The molecular weight excluding hydrogens is 194 g/mol. The van der Waals surface area contributed by atoms with Crippen molar-refractivity contribution in [1.82, 2.24) is 0 Å². The Morgan fingerprint density at radius 3 is 2.27 bits per heavy atom. The molecule has 1 aromatic rings. The largest absolute Gasteiger partial charge is 0.496 e. The van der Waals surface area contributed by atoms with Gasteiger partial charge in [-0.1, -0.05) is 0 Å². The van der Waals surface area contributed by atoms with Crippen LogP contribution in [0.2, 0.25) is 0 Å². The van der Waals surface area contributed by atoms with Gasteiger partial charge in [0.25, 0.3) is 0 Å². The highest BCUT2D eigenvalue weighted by Gasteiger charge is 2.09. The lowest BCUT2D eigenvalue weighted by atomic mass is 10.2. The van der Waals surface area contributed by atoms with Crippen LogP contribution in [0.1, 0.15) is 12.5 Å². The van der Waals surface area contributed by atoms with E-state index in [1.807, 2.05) is 13.0 Å². The lowest BCUT2D eigenvalue weighted by molar-refractivity contribution is -0.114. The zero-order valence-electron chi connectivity index (χ0n) is 9.38. The molecule has 1 rings (SSSR count). The first kappa shape index (κ1) is 11.4. The average Bonchev–Trinajstić information content (AvgIpc) is 2.17. The van der Waals surface area contributed by atoms with E-state index in [4.69, 9.17) is 9.47 Å². The summed E-state index contributed by atoms with van der Waals surface area (Å²) in [6, 6.07) is 3.57. The number of hydrogen-bond donors (Lipinski definition) is 1. The van der Waals surface area contributed by atoms with E-state index in [0.29, 0.717) is 11.4 Å². The summed E-state index contributed by atoms with van der Waals surface area (Å²) in [5, 5.41) is 2.70. The number of rotatable bonds is 3. The Hall–Kier alpha value is -1.71. The molecule has 0 radical (unpaired) electrons. The van der Waals surface area contributed by atoms with Crippen molar-refractivity contribution in [1.29, 1.82) is 0 Å². The molecule has 0 aliphatic heterocycles. The number of ether oxygens (including phenoxy) is 2. The normalized spacial score (nSPS) is 9.60. The van der Waals surface area contributed by atoms with Crippen molar-refractivity contribution in [3.05, 3.63) is 17.7 Å². The van der Waals surface area contributed by atoms with Gasteiger partial charge in [0.1, 0.15) is 11.5 Å². The number of carbonyl (C=O) groups excluding carboxylic acids is 1. The quantitative estimate of drug-likeness (QED) is 0.827. The van der Waals surface area contributed by atoms with Crippen LogP contribution in [0, 0.1) is 6.92 Å². The van der Waals surface area contributed by atoms with E-state index in [1.54, 1.807) is 20.3 Å². The number of carbonyl (C=O) groups is 1. The second kappa shape index (κ2) is 4.68. The first-order valence-electron chi connectivity index (χ1n) is 4.58. The van der Waals surface area contributed by atoms with Crippen LogP contribution in [-0.4, -0.2) is 20.1 Å². The van der Waals surface area contributed by atoms with Crippen molar-refractivity contribution in [3.63, 3.8) is 0 Å². The van der Waals surface area contributed by atoms with Crippen LogP contribution >= 0.6 is 0 Å². The Morgan fingerprint density at radius 1 is 1.20 bits per heavy atom. The smallest absolute Gasteiger partial charge is 0.221 e. The number of amides is 1. The second-order valence-corrected chi connectivity index (χ2v) is 3.20. The second-order valence-electron chi connectivity index (χ2n) is 3.20. The van der Waals surface area contributed by atoms with E-state index in [1.165, 1.54) is 6.92 Å². The lowest BCUT2D eigenvalue weighted by Gasteiger charge is -2.12. The van der Waals surface area contributed by atoms with Crippen molar-refractivity contribution in [2.45, 2.75) is 13.8 Å². The fourth-order valence-electron chi connectivity index (χ4n) is 1.35. The first-order chi connectivity index (χ1) is 7.08. The molecule has 0 fully saturated rings. The molecule has 4 nitrogen and oxygen atoms in total. The van der Waals surface area contributed by atoms with Crippen LogP contribution in [0.15, 0.2) is 12.1 Å². The van der Waals surface area contributed by atoms with E-state index in [-0.39, 0.29) is 5.91 Å². The summed E-state index contributed by atoms with van der Waals surface area (Å²) in [5.41, 5.74) is 1.60. The molecule has 0 atom stereocenters. The highest BCUT2D eigenvalue weighted by Crippen LogP contribution is 2.32. The molecule has 82 valence electrons. The van der Waals surface area contributed by atoms with Gasteiger partial charge in [0.15, 0.2) is 0 Å². The van der Waals surface area contributed by atoms with Gasteiger partial charge in [0, 0.05) is 13.0 Å². The van der Waals surface area contributed by atoms with Gasteiger partial charge < -0.3 is 14.8 Å². The van der Waals surface area contributed by atoms with Crippen molar-refractivity contribution in [2.24, 2.45) is 0 Å². The number of methoxy groups -OCH3 is 2. The number of nitrogens with one attached hydrogen (secondary N) is 1. The minimum absolute atomic E-state index is 0.127. The van der Waals surface area contributed by atoms with E-state index in [2.05, 4.69) is 5.32 Å². The SMILES string of the molecule is COc1cc(OC)c(NC(C)=O)cc1C. The van der Waals surface area contributed by atoms with E-state index in [9.17, 15) is 4.79 Å². The van der Waals surface area contributed by atoms with Crippen LogP contribution in [0.3, 0.4) is 0 Å². The zero-order valence-corrected chi connectivity index (χ0v) is 9.38. The van der Waals surface area contributed by atoms with Gasteiger partial charge >= 0.3 is 0 Å². The molecule has 1 amide bonds. The molecule has 0 bridgehead atoms. The summed E-state index contributed by atoms with van der Waals surface area (Å²) in [7, 11) is 3.15. The molecular formula is C11H15NO3. The zero-order chi connectivity index (χ0) is 11.4. The van der Waals surface area contributed by atoms with Gasteiger partial charge in [0.2, 0.25) is 5.91 Å². The molecule has 0 aliphatic carbocycles.